The van der Waals surface area contributed by atoms with Crippen LogP contribution in [0.5, 0.6) is 0 Å². The molecule has 6 rings (SSSR count). The van der Waals surface area contributed by atoms with Crippen LogP contribution >= 0.6 is 0 Å². The number of amides is 1. The maximum Gasteiger partial charge on any atom is 0.259 e. The number of hydrogen-bond acceptors (Lipinski definition) is 5. The zero-order valence-corrected chi connectivity index (χ0v) is 22.6. The van der Waals surface area contributed by atoms with E-state index in [9.17, 15) is 4.79 Å². The highest BCUT2D eigenvalue weighted by atomic mass is 16.2. The van der Waals surface area contributed by atoms with Crippen LogP contribution in [0, 0.1) is 6.92 Å². The van der Waals surface area contributed by atoms with Crippen molar-refractivity contribution in [3.05, 3.63) is 108 Å². The largest absolute Gasteiger partial charge is 0.392 e. The van der Waals surface area contributed by atoms with Gasteiger partial charge in [0.2, 0.25) is 0 Å². The number of amidine groups is 1. The van der Waals surface area contributed by atoms with Crippen LogP contribution in [0.1, 0.15) is 28.4 Å². The first-order chi connectivity index (χ1) is 19.4. The van der Waals surface area contributed by atoms with Gasteiger partial charge in [-0.1, -0.05) is 54.6 Å². The lowest BCUT2D eigenvalue weighted by molar-refractivity contribution is 0.0997. The van der Waals surface area contributed by atoms with E-state index in [1.165, 1.54) is 0 Å². The highest BCUT2D eigenvalue weighted by Gasteiger charge is 2.30. The minimum absolute atomic E-state index is 0.00772. The number of carbonyl (C=O) groups excluding carboxylic acids is 1. The van der Waals surface area contributed by atoms with E-state index in [0.29, 0.717) is 12.4 Å². The summed E-state index contributed by atoms with van der Waals surface area (Å²) in [6.07, 6.45) is 5.40. The summed E-state index contributed by atoms with van der Waals surface area (Å²) in [4.78, 5) is 32.3. The highest BCUT2D eigenvalue weighted by Crippen LogP contribution is 2.38. The van der Waals surface area contributed by atoms with Crippen LogP contribution < -0.4 is 16.0 Å². The van der Waals surface area contributed by atoms with E-state index in [2.05, 4.69) is 44.5 Å². The number of H-pyrrole nitrogens is 1. The van der Waals surface area contributed by atoms with E-state index in [4.69, 9.17) is 10.7 Å². The molecule has 1 amide bonds. The summed E-state index contributed by atoms with van der Waals surface area (Å²) in [5.41, 5.74) is 15.1. The fraction of sp³-hybridized carbons (Fsp3) is 0.125. The summed E-state index contributed by atoms with van der Waals surface area (Å²) in [6.45, 7) is 4.38. The molecule has 0 spiro atoms. The second-order valence-corrected chi connectivity index (χ2v) is 9.85. The van der Waals surface area contributed by atoms with E-state index >= 15 is 0 Å². The Morgan fingerprint density at radius 1 is 1.07 bits per heavy atom. The highest BCUT2D eigenvalue weighted by molar-refractivity contribution is 6.15. The Morgan fingerprint density at radius 3 is 2.70 bits per heavy atom. The van der Waals surface area contributed by atoms with Gasteiger partial charge in [-0.05, 0) is 54.3 Å². The summed E-state index contributed by atoms with van der Waals surface area (Å²) in [7, 11) is 1.82. The fourth-order valence-corrected chi connectivity index (χ4v) is 5.07. The van der Waals surface area contributed by atoms with Crippen LogP contribution in [0.2, 0.25) is 0 Å². The van der Waals surface area contributed by atoms with E-state index in [-0.39, 0.29) is 11.9 Å². The molecule has 0 unspecified atom stereocenters. The molecule has 0 atom stereocenters. The summed E-state index contributed by atoms with van der Waals surface area (Å²) < 4.78 is 0. The van der Waals surface area contributed by atoms with Gasteiger partial charge in [0, 0.05) is 41.7 Å². The molecule has 0 aliphatic carbocycles. The molecule has 40 heavy (non-hydrogen) atoms. The van der Waals surface area contributed by atoms with Crippen LogP contribution in [0.25, 0.3) is 33.3 Å². The number of anilines is 1. The molecule has 3 aromatic carbocycles. The van der Waals surface area contributed by atoms with Crippen molar-refractivity contribution in [1.82, 2.24) is 20.3 Å². The van der Waals surface area contributed by atoms with Gasteiger partial charge in [-0.15, -0.1) is 0 Å². The molecule has 0 saturated carbocycles. The van der Waals surface area contributed by atoms with Crippen molar-refractivity contribution in [2.75, 3.05) is 11.9 Å². The quantitative estimate of drug-likeness (QED) is 0.189. The Balaban J connectivity index is 1.36. The van der Waals surface area contributed by atoms with Gasteiger partial charge in [0.25, 0.3) is 11.9 Å². The van der Waals surface area contributed by atoms with E-state index < -0.39 is 0 Å². The van der Waals surface area contributed by atoms with Crippen molar-refractivity contribution in [3.8, 4) is 22.4 Å². The smallest absolute Gasteiger partial charge is 0.259 e. The molecule has 0 fully saturated rings. The molecule has 1 aliphatic heterocycles. The number of nitrogens with two attached hydrogens (primary N) is 1. The third-order valence-electron chi connectivity index (χ3n) is 7.21. The number of allylic oxidation sites excluding steroid dienone is 1. The van der Waals surface area contributed by atoms with Gasteiger partial charge in [0.05, 0.1) is 23.4 Å². The number of para-hydroxylation sites is 1. The summed E-state index contributed by atoms with van der Waals surface area (Å²) >= 11 is 0. The standard InChI is InChI=1S/C32H29N7O/c1-19-16-36-32(37-28(33)14-20(2)34-3)38-29(19)26-17-35-30-24(26)10-7-11-27(30)39-18-23-13-12-22(15-25(23)31(39)40)21-8-5-4-6-9-21/h4-17,34-35H,18H2,1-3H3,(H2,33,36,37,38)/b20-14-. The lowest BCUT2D eigenvalue weighted by atomic mass is 10.0. The number of carbonyl (C=O) groups is 1. The number of nitrogens with zero attached hydrogens (tertiary/aromatic N) is 4. The third kappa shape index (κ3) is 4.49. The predicted molar refractivity (Wildman–Crippen MR) is 161 cm³/mol. The van der Waals surface area contributed by atoms with Gasteiger partial charge in [-0.3, -0.25) is 4.79 Å². The minimum atomic E-state index is -0.00772. The Bertz CT molecular complexity index is 1820. The average molecular weight is 528 g/mol. The Hall–Kier alpha value is -5.24. The molecular weight excluding hydrogens is 498 g/mol. The average Bonchev–Trinajstić information content (AvgIpc) is 3.55. The molecule has 0 saturated heterocycles. The monoisotopic (exact) mass is 527 g/mol. The Kier molecular flexibility index (Phi) is 6.36. The number of benzene rings is 3. The van der Waals surface area contributed by atoms with E-state index in [1.54, 1.807) is 12.3 Å². The topological polar surface area (TPSA) is 112 Å². The van der Waals surface area contributed by atoms with Gasteiger partial charge in [0.15, 0.2) is 0 Å². The molecule has 1 aliphatic rings. The van der Waals surface area contributed by atoms with Gasteiger partial charge < -0.3 is 20.9 Å². The fourth-order valence-electron chi connectivity index (χ4n) is 5.07. The number of aromatic amines is 1. The Labute approximate surface area is 232 Å². The molecule has 8 heteroatoms. The summed E-state index contributed by atoms with van der Waals surface area (Å²) in [5.74, 6) is 0.584. The summed E-state index contributed by atoms with van der Waals surface area (Å²) in [5, 5.41) is 3.98. The Morgan fingerprint density at radius 2 is 1.90 bits per heavy atom. The first kappa shape index (κ1) is 25.1. The second kappa shape index (κ2) is 10.1. The molecule has 5 aromatic rings. The van der Waals surface area contributed by atoms with Crippen molar-refractivity contribution < 1.29 is 4.79 Å². The number of aliphatic imine (C=N–C) groups is 1. The maximum atomic E-state index is 13.7. The van der Waals surface area contributed by atoms with Crippen molar-refractivity contribution in [1.29, 1.82) is 0 Å². The zero-order chi connectivity index (χ0) is 27.8. The number of fused-ring (bicyclic) bond motifs is 2. The van der Waals surface area contributed by atoms with Crippen LogP contribution in [0.15, 0.2) is 95.9 Å². The molecule has 2 aromatic heterocycles. The first-order valence-corrected chi connectivity index (χ1v) is 13.1. The van der Waals surface area contributed by atoms with Crippen LogP contribution in [-0.2, 0) is 6.54 Å². The van der Waals surface area contributed by atoms with E-state index in [1.807, 2.05) is 74.5 Å². The molecule has 8 nitrogen and oxygen atoms in total. The molecule has 198 valence electrons. The van der Waals surface area contributed by atoms with Crippen molar-refractivity contribution in [2.45, 2.75) is 20.4 Å². The van der Waals surface area contributed by atoms with Gasteiger partial charge >= 0.3 is 0 Å². The van der Waals surface area contributed by atoms with Crippen LogP contribution in [0.4, 0.5) is 11.6 Å². The molecular formula is C32H29N7O. The molecule has 0 bridgehead atoms. The SMILES string of the molecule is CN/C(C)=C\C(N)=N/c1ncc(C)c(-c2c[nH]c3c(N4Cc5ccc(-c6ccccc6)cc5C4=O)cccc23)n1. The van der Waals surface area contributed by atoms with Crippen molar-refractivity contribution in [2.24, 2.45) is 10.7 Å². The first-order valence-electron chi connectivity index (χ1n) is 13.1. The maximum absolute atomic E-state index is 13.7. The minimum Gasteiger partial charge on any atom is -0.392 e. The molecule has 0 radical (unpaired) electrons. The third-order valence-corrected chi connectivity index (χ3v) is 7.21. The lowest BCUT2D eigenvalue weighted by Crippen LogP contribution is -2.23. The predicted octanol–water partition coefficient (Wildman–Crippen LogP) is 5.87. The van der Waals surface area contributed by atoms with Crippen LogP contribution in [0.3, 0.4) is 0 Å². The van der Waals surface area contributed by atoms with Gasteiger partial charge in [-0.2, -0.15) is 4.99 Å². The number of rotatable bonds is 6. The summed E-state index contributed by atoms with van der Waals surface area (Å²) in [6, 6.07) is 22.2. The lowest BCUT2D eigenvalue weighted by Gasteiger charge is -2.17. The zero-order valence-electron chi connectivity index (χ0n) is 22.6. The number of nitrogens with one attached hydrogen (secondary N) is 2. The normalized spacial score (nSPS) is 13.7. The number of aryl methyl sites for hydroxylation is 1. The van der Waals surface area contributed by atoms with Crippen molar-refractivity contribution in [3.63, 3.8) is 0 Å². The van der Waals surface area contributed by atoms with Gasteiger partial charge in [0.1, 0.15) is 5.84 Å². The number of aromatic nitrogens is 3. The molecule has 4 N–H and O–H groups in total. The number of hydrogen-bond donors (Lipinski definition) is 3. The van der Waals surface area contributed by atoms with Crippen LogP contribution in [-0.4, -0.2) is 33.7 Å². The van der Waals surface area contributed by atoms with E-state index in [0.717, 1.165) is 61.4 Å². The molecule has 3 heterocycles. The second-order valence-electron chi connectivity index (χ2n) is 9.85. The van der Waals surface area contributed by atoms with Gasteiger partial charge in [-0.25, -0.2) is 9.97 Å². The van der Waals surface area contributed by atoms with Crippen molar-refractivity contribution >= 4 is 34.3 Å².